The predicted molar refractivity (Wildman–Crippen MR) is 108 cm³/mol. The van der Waals surface area contributed by atoms with Crippen LogP contribution < -0.4 is 5.32 Å². The number of nitrogens with one attached hydrogen (secondary N) is 1. The van der Waals surface area contributed by atoms with Crippen molar-refractivity contribution < 1.29 is 14.3 Å². The largest absolute Gasteiger partial charge is 0.462 e. The zero-order chi connectivity index (χ0) is 19.8. The first-order valence-corrected chi connectivity index (χ1v) is 10.0. The number of aromatic nitrogens is 1. The molecule has 27 heavy (non-hydrogen) atoms. The van der Waals surface area contributed by atoms with Crippen LogP contribution in [-0.2, 0) is 16.6 Å². The summed E-state index contributed by atoms with van der Waals surface area (Å²) in [5.41, 5.74) is 1.83. The zero-order valence-corrected chi connectivity index (χ0v) is 17.3. The van der Waals surface area contributed by atoms with Crippen molar-refractivity contribution >= 4 is 28.2 Å². The van der Waals surface area contributed by atoms with E-state index in [0.29, 0.717) is 22.9 Å². The SMILES string of the molecule is CCOC(=O)c1c(NC(=O)c2ccccn2)sc2c1CC(C)(C)CC2(C)C. The molecule has 2 aromatic rings. The van der Waals surface area contributed by atoms with Gasteiger partial charge in [-0.2, -0.15) is 0 Å². The molecule has 0 aliphatic heterocycles. The highest BCUT2D eigenvalue weighted by atomic mass is 32.1. The lowest BCUT2D eigenvalue weighted by molar-refractivity contribution is 0.0525. The third-order valence-corrected chi connectivity index (χ3v) is 6.32. The number of hydrogen-bond donors (Lipinski definition) is 1. The highest BCUT2D eigenvalue weighted by Crippen LogP contribution is 2.52. The number of rotatable bonds is 4. The van der Waals surface area contributed by atoms with E-state index in [4.69, 9.17) is 4.74 Å². The Labute approximate surface area is 164 Å². The quantitative estimate of drug-likeness (QED) is 0.765. The lowest BCUT2D eigenvalue weighted by atomic mass is 9.65. The number of fused-ring (bicyclic) bond motifs is 1. The number of anilines is 1. The molecule has 2 aromatic heterocycles. The van der Waals surface area contributed by atoms with Crippen LogP contribution in [0.3, 0.4) is 0 Å². The minimum atomic E-state index is -0.375. The molecular weight excluding hydrogens is 360 g/mol. The second-order valence-corrected chi connectivity index (χ2v) is 9.43. The molecule has 0 atom stereocenters. The molecule has 1 N–H and O–H groups in total. The number of carbonyl (C=O) groups excluding carboxylic acids is 2. The number of pyridine rings is 1. The van der Waals surface area contributed by atoms with E-state index < -0.39 is 0 Å². The Bertz CT molecular complexity index is 869. The molecule has 1 aliphatic rings. The zero-order valence-electron chi connectivity index (χ0n) is 16.5. The maximum absolute atomic E-state index is 12.8. The van der Waals surface area contributed by atoms with Gasteiger partial charge in [0.05, 0.1) is 12.2 Å². The van der Waals surface area contributed by atoms with Gasteiger partial charge in [0.2, 0.25) is 0 Å². The molecular formula is C21H26N2O3S. The highest BCUT2D eigenvalue weighted by Gasteiger charge is 2.42. The Morgan fingerprint density at radius 3 is 2.63 bits per heavy atom. The maximum Gasteiger partial charge on any atom is 0.341 e. The summed E-state index contributed by atoms with van der Waals surface area (Å²) in [6.07, 6.45) is 3.38. The summed E-state index contributed by atoms with van der Waals surface area (Å²) >= 11 is 1.49. The lowest BCUT2D eigenvalue weighted by Gasteiger charge is -2.40. The highest BCUT2D eigenvalue weighted by molar-refractivity contribution is 7.17. The molecule has 0 saturated carbocycles. The molecule has 0 fully saturated rings. The monoisotopic (exact) mass is 386 g/mol. The Morgan fingerprint density at radius 1 is 1.26 bits per heavy atom. The summed E-state index contributed by atoms with van der Waals surface area (Å²) in [6.45, 7) is 10.9. The van der Waals surface area contributed by atoms with Gasteiger partial charge in [-0.15, -0.1) is 11.3 Å². The van der Waals surface area contributed by atoms with Gasteiger partial charge < -0.3 is 10.1 Å². The number of esters is 1. The standard InChI is InChI=1S/C21H26N2O3S/c1-6-26-19(25)15-13-11-20(2,3)12-21(4,5)16(13)27-18(15)23-17(24)14-9-7-8-10-22-14/h7-10H,6,11-12H2,1-5H3,(H,23,24). The van der Waals surface area contributed by atoms with E-state index in [-0.39, 0.29) is 22.7 Å². The van der Waals surface area contributed by atoms with Gasteiger partial charge in [0.15, 0.2) is 0 Å². The van der Waals surface area contributed by atoms with Gasteiger partial charge in [0.25, 0.3) is 5.91 Å². The molecule has 2 heterocycles. The van der Waals surface area contributed by atoms with Crippen LogP contribution in [0.2, 0.25) is 0 Å². The van der Waals surface area contributed by atoms with Crippen LogP contribution in [0.1, 0.15) is 72.3 Å². The molecule has 5 nitrogen and oxygen atoms in total. The fraction of sp³-hybridized carbons (Fsp3) is 0.476. The molecule has 144 valence electrons. The van der Waals surface area contributed by atoms with Crippen molar-refractivity contribution in [2.75, 3.05) is 11.9 Å². The van der Waals surface area contributed by atoms with Crippen LogP contribution in [0, 0.1) is 5.41 Å². The Balaban J connectivity index is 2.07. The predicted octanol–water partition coefficient (Wildman–Crippen LogP) is 4.82. The maximum atomic E-state index is 12.8. The third kappa shape index (κ3) is 3.90. The average molecular weight is 387 g/mol. The van der Waals surface area contributed by atoms with Crippen LogP contribution in [0.15, 0.2) is 24.4 Å². The first-order valence-electron chi connectivity index (χ1n) is 9.20. The average Bonchev–Trinajstić information content (AvgIpc) is 2.92. The van der Waals surface area contributed by atoms with Gasteiger partial charge in [-0.05, 0) is 48.3 Å². The van der Waals surface area contributed by atoms with Crippen molar-refractivity contribution in [2.24, 2.45) is 5.41 Å². The Morgan fingerprint density at radius 2 is 2.00 bits per heavy atom. The Hall–Kier alpha value is -2.21. The molecule has 6 heteroatoms. The van der Waals surface area contributed by atoms with Crippen molar-refractivity contribution in [1.29, 1.82) is 0 Å². The summed E-state index contributed by atoms with van der Waals surface area (Å²) in [6, 6.07) is 5.18. The minimum Gasteiger partial charge on any atom is -0.462 e. The number of ether oxygens (including phenoxy) is 1. The number of hydrogen-bond acceptors (Lipinski definition) is 5. The van der Waals surface area contributed by atoms with Gasteiger partial charge in [-0.1, -0.05) is 33.8 Å². The first kappa shape index (κ1) is 19.5. The van der Waals surface area contributed by atoms with Crippen LogP contribution >= 0.6 is 11.3 Å². The first-order chi connectivity index (χ1) is 12.6. The van der Waals surface area contributed by atoms with E-state index in [9.17, 15) is 9.59 Å². The summed E-state index contributed by atoms with van der Waals surface area (Å²) < 4.78 is 5.32. The van der Waals surface area contributed by atoms with Gasteiger partial charge in [0, 0.05) is 11.1 Å². The normalized spacial score (nSPS) is 17.1. The Kier molecular flexibility index (Phi) is 5.12. The molecule has 3 rings (SSSR count). The van der Waals surface area contributed by atoms with Gasteiger partial charge in [-0.3, -0.25) is 9.78 Å². The third-order valence-electron chi connectivity index (χ3n) is 4.80. The molecule has 0 unspecified atom stereocenters. The van der Waals surface area contributed by atoms with Gasteiger partial charge >= 0.3 is 5.97 Å². The molecule has 0 radical (unpaired) electrons. The second-order valence-electron chi connectivity index (χ2n) is 8.41. The number of amides is 1. The fourth-order valence-electron chi connectivity index (χ4n) is 4.17. The molecule has 0 aromatic carbocycles. The van der Waals surface area contributed by atoms with E-state index in [0.717, 1.165) is 23.3 Å². The molecule has 0 saturated heterocycles. The molecule has 0 spiro atoms. The van der Waals surface area contributed by atoms with Crippen molar-refractivity contribution in [1.82, 2.24) is 4.98 Å². The van der Waals surface area contributed by atoms with Crippen LogP contribution in [0.4, 0.5) is 5.00 Å². The van der Waals surface area contributed by atoms with Crippen LogP contribution in [-0.4, -0.2) is 23.5 Å². The number of thiophene rings is 1. The van der Waals surface area contributed by atoms with Crippen molar-refractivity contribution in [2.45, 2.75) is 52.9 Å². The summed E-state index contributed by atoms with van der Waals surface area (Å²) in [5, 5.41) is 3.46. The van der Waals surface area contributed by atoms with E-state index in [1.165, 1.54) is 11.3 Å². The fourth-order valence-corrected chi connectivity index (χ4v) is 5.47. The van der Waals surface area contributed by atoms with Crippen molar-refractivity contribution in [3.63, 3.8) is 0 Å². The van der Waals surface area contributed by atoms with Gasteiger partial charge in [0.1, 0.15) is 10.7 Å². The van der Waals surface area contributed by atoms with Gasteiger partial charge in [-0.25, -0.2) is 4.79 Å². The minimum absolute atomic E-state index is 0.0705. The van der Waals surface area contributed by atoms with Crippen LogP contribution in [0.5, 0.6) is 0 Å². The molecule has 1 amide bonds. The van der Waals surface area contributed by atoms with E-state index in [2.05, 4.69) is 38.0 Å². The van der Waals surface area contributed by atoms with Crippen molar-refractivity contribution in [3.05, 3.63) is 46.1 Å². The van der Waals surface area contributed by atoms with Crippen LogP contribution in [0.25, 0.3) is 0 Å². The topological polar surface area (TPSA) is 68.3 Å². The number of carbonyl (C=O) groups is 2. The summed E-state index contributed by atoms with van der Waals surface area (Å²) in [5.74, 6) is -0.698. The van der Waals surface area contributed by atoms with E-state index in [1.807, 2.05) is 0 Å². The van der Waals surface area contributed by atoms with E-state index >= 15 is 0 Å². The lowest BCUT2D eigenvalue weighted by Crippen LogP contribution is -2.34. The van der Waals surface area contributed by atoms with E-state index in [1.54, 1.807) is 31.3 Å². The smallest absolute Gasteiger partial charge is 0.341 e. The second kappa shape index (κ2) is 7.08. The number of nitrogens with zero attached hydrogens (tertiary/aromatic N) is 1. The van der Waals surface area contributed by atoms with Crippen molar-refractivity contribution in [3.8, 4) is 0 Å². The summed E-state index contributed by atoms with van der Waals surface area (Å²) in [4.78, 5) is 30.6. The summed E-state index contributed by atoms with van der Waals surface area (Å²) in [7, 11) is 0. The molecule has 0 bridgehead atoms. The molecule has 1 aliphatic carbocycles.